The molecule has 0 aromatic heterocycles. The summed E-state index contributed by atoms with van der Waals surface area (Å²) in [4.78, 5) is 4.09. The van der Waals surface area contributed by atoms with Crippen LogP contribution in [-0.2, 0) is 4.84 Å². The van der Waals surface area contributed by atoms with Gasteiger partial charge in [-0.2, -0.15) is 13.2 Å². The Morgan fingerprint density at radius 3 is 2.35 bits per heavy atom. The summed E-state index contributed by atoms with van der Waals surface area (Å²) in [6, 6.07) is 6.05. The van der Waals surface area contributed by atoms with Crippen molar-refractivity contribution in [2.45, 2.75) is 18.4 Å². The van der Waals surface area contributed by atoms with E-state index >= 15 is 0 Å². The number of nitrogens with zero attached hydrogens (tertiary/aromatic N) is 1. The van der Waals surface area contributed by atoms with Gasteiger partial charge >= 0.3 is 12.0 Å². The molecule has 0 amide bonds. The molecule has 1 aromatic rings. The summed E-state index contributed by atoms with van der Waals surface area (Å²) >= 11 is 5.65. The number of halogens is 4. The molecule has 0 saturated heterocycles. The first-order valence-corrected chi connectivity index (χ1v) is 5.00. The summed E-state index contributed by atoms with van der Waals surface area (Å²) in [7, 11) is 0. The number of alkyl halides is 3. The topological polar surface area (TPSA) is 41.8 Å². The Morgan fingerprint density at radius 2 is 1.88 bits per heavy atom. The molecular formula is C10H7ClF3NO2. The quantitative estimate of drug-likeness (QED) is 0.848. The van der Waals surface area contributed by atoms with Gasteiger partial charge < -0.3 is 9.94 Å². The minimum Gasteiger partial charge on any atom is -0.350 e. The molecule has 1 aliphatic rings. The molecule has 0 aliphatic carbocycles. The van der Waals surface area contributed by atoms with Gasteiger partial charge in [-0.3, -0.25) is 0 Å². The van der Waals surface area contributed by atoms with Crippen LogP contribution in [0.3, 0.4) is 0 Å². The Hall–Kier alpha value is -1.27. The predicted octanol–water partition coefficient (Wildman–Crippen LogP) is 2.72. The second kappa shape index (κ2) is 3.89. The molecule has 0 spiro atoms. The highest BCUT2D eigenvalue weighted by molar-refractivity contribution is 6.30. The molecule has 1 N–H and O–H groups in total. The highest BCUT2D eigenvalue weighted by atomic mass is 35.5. The molecule has 1 atom stereocenters. The second-order valence-electron chi connectivity index (χ2n) is 3.60. The van der Waals surface area contributed by atoms with E-state index in [1.165, 1.54) is 24.3 Å². The summed E-state index contributed by atoms with van der Waals surface area (Å²) < 4.78 is 37.3. The van der Waals surface area contributed by atoms with E-state index in [1.54, 1.807) is 0 Å². The molecule has 7 heteroatoms. The number of rotatable bonds is 1. The normalized spacial score (nSPS) is 24.4. The fourth-order valence-corrected chi connectivity index (χ4v) is 1.50. The molecule has 0 bridgehead atoms. The average Bonchev–Trinajstić information content (AvgIpc) is 2.63. The van der Waals surface area contributed by atoms with Crippen molar-refractivity contribution < 1.29 is 23.1 Å². The Labute approximate surface area is 99.4 Å². The van der Waals surface area contributed by atoms with Gasteiger partial charge in [0.1, 0.15) is 0 Å². The van der Waals surface area contributed by atoms with E-state index in [0.717, 1.165) is 0 Å². The van der Waals surface area contributed by atoms with Crippen molar-refractivity contribution in [3.8, 4) is 0 Å². The Bertz CT molecular complexity index is 458. The van der Waals surface area contributed by atoms with Gasteiger partial charge in [0, 0.05) is 5.02 Å². The van der Waals surface area contributed by atoms with Crippen LogP contribution in [0.25, 0.3) is 0 Å². The van der Waals surface area contributed by atoms with Crippen LogP contribution < -0.4 is 0 Å². The van der Waals surface area contributed by atoms with Gasteiger partial charge in [-0.15, -0.1) is 0 Å². The third kappa shape index (κ3) is 2.23. The lowest BCUT2D eigenvalue weighted by molar-refractivity contribution is -0.355. The van der Waals surface area contributed by atoms with E-state index in [0.29, 0.717) is 10.6 Å². The van der Waals surface area contributed by atoms with E-state index in [4.69, 9.17) is 11.6 Å². The first-order chi connectivity index (χ1) is 7.82. The number of benzene rings is 1. The molecule has 0 fully saturated rings. The summed E-state index contributed by atoms with van der Waals surface area (Å²) in [5.74, 6) is -3.23. The van der Waals surface area contributed by atoms with Crippen molar-refractivity contribution in [1.29, 1.82) is 0 Å². The molecule has 1 aliphatic heterocycles. The third-order valence-electron chi connectivity index (χ3n) is 2.33. The van der Waals surface area contributed by atoms with Gasteiger partial charge in [-0.1, -0.05) is 28.9 Å². The zero-order valence-electron chi connectivity index (χ0n) is 8.33. The van der Waals surface area contributed by atoms with Crippen molar-refractivity contribution in [2.24, 2.45) is 5.16 Å². The molecule has 2 rings (SSSR count). The maximum Gasteiger partial charge on any atom is 0.458 e. The van der Waals surface area contributed by atoms with E-state index in [1.807, 2.05) is 0 Å². The largest absolute Gasteiger partial charge is 0.458 e. The van der Waals surface area contributed by atoms with Crippen LogP contribution in [0.2, 0.25) is 5.02 Å². The second-order valence-corrected chi connectivity index (χ2v) is 4.03. The van der Waals surface area contributed by atoms with E-state index < -0.39 is 18.4 Å². The Morgan fingerprint density at radius 1 is 1.29 bits per heavy atom. The molecule has 92 valence electrons. The first-order valence-electron chi connectivity index (χ1n) is 4.62. The van der Waals surface area contributed by atoms with Crippen molar-refractivity contribution >= 4 is 17.3 Å². The minimum absolute atomic E-state index is 0.0292. The van der Waals surface area contributed by atoms with Gasteiger partial charge in [0.15, 0.2) is 0 Å². The molecule has 17 heavy (non-hydrogen) atoms. The molecule has 0 unspecified atom stereocenters. The maximum atomic E-state index is 12.4. The molecule has 1 aromatic carbocycles. The van der Waals surface area contributed by atoms with Crippen molar-refractivity contribution in [3.63, 3.8) is 0 Å². The smallest absolute Gasteiger partial charge is 0.350 e. The fraction of sp³-hybridized carbons (Fsp3) is 0.300. The monoisotopic (exact) mass is 265 g/mol. The minimum atomic E-state index is -4.88. The standard InChI is InChI=1S/C10H7ClF3NO2/c11-7-3-1-6(2-4-7)8-5-9(16,17-15-8)10(12,13)14/h1-4,16H,5H2/t9-/m0/s1. The predicted molar refractivity (Wildman–Crippen MR) is 54.7 cm³/mol. The van der Waals surface area contributed by atoms with E-state index in [2.05, 4.69) is 9.99 Å². The van der Waals surface area contributed by atoms with Crippen LogP contribution in [0.15, 0.2) is 29.4 Å². The van der Waals surface area contributed by atoms with Crippen LogP contribution in [0.4, 0.5) is 13.2 Å². The van der Waals surface area contributed by atoms with Gasteiger partial charge in [0.25, 0.3) is 0 Å². The third-order valence-corrected chi connectivity index (χ3v) is 2.59. The molecule has 1 heterocycles. The maximum absolute atomic E-state index is 12.4. The Kier molecular flexibility index (Phi) is 2.79. The van der Waals surface area contributed by atoms with Crippen LogP contribution >= 0.6 is 11.6 Å². The van der Waals surface area contributed by atoms with Gasteiger partial charge in [0.2, 0.25) is 0 Å². The van der Waals surface area contributed by atoms with Crippen molar-refractivity contribution in [3.05, 3.63) is 34.9 Å². The van der Waals surface area contributed by atoms with Crippen LogP contribution in [0, 0.1) is 0 Å². The van der Waals surface area contributed by atoms with Gasteiger partial charge in [-0.05, 0) is 17.7 Å². The molecule has 0 radical (unpaired) electrons. The van der Waals surface area contributed by atoms with E-state index in [-0.39, 0.29) is 5.71 Å². The molecule has 3 nitrogen and oxygen atoms in total. The van der Waals surface area contributed by atoms with Gasteiger partial charge in [-0.25, -0.2) is 0 Å². The van der Waals surface area contributed by atoms with Crippen molar-refractivity contribution in [2.75, 3.05) is 0 Å². The lowest BCUT2D eigenvalue weighted by Crippen LogP contribution is -2.45. The number of hydrogen-bond donors (Lipinski definition) is 1. The number of hydrogen-bond acceptors (Lipinski definition) is 3. The average molecular weight is 266 g/mol. The number of oxime groups is 1. The summed E-state index contributed by atoms with van der Waals surface area (Å²) in [6.45, 7) is 0. The SMILES string of the molecule is O[C@@]1(C(F)(F)F)CC(c2ccc(Cl)cc2)=NO1. The van der Waals surface area contributed by atoms with Crippen molar-refractivity contribution in [1.82, 2.24) is 0 Å². The lowest BCUT2D eigenvalue weighted by Gasteiger charge is -2.22. The summed E-state index contributed by atoms with van der Waals surface area (Å²) in [6.07, 6.45) is -5.62. The zero-order valence-corrected chi connectivity index (χ0v) is 9.09. The molecule has 0 saturated carbocycles. The van der Waals surface area contributed by atoms with Crippen LogP contribution in [0.5, 0.6) is 0 Å². The summed E-state index contributed by atoms with van der Waals surface area (Å²) in [5, 5.41) is 12.9. The zero-order chi connectivity index (χ0) is 12.7. The fourth-order valence-electron chi connectivity index (χ4n) is 1.37. The van der Waals surface area contributed by atoms with Crippen LogP contribution in [-0.4, -0.2) is 22.8 Å². The number of aliphatic hydroxyl groups is 1. The lowest BCUT2D eigenvalue weighted by atomic mass is 10.0. The van der Waals surface area contributed by atoms with Crippen LogP contribution in [0.1, 0.15) is 12.0 Å². The highest BCUT2D eigenvalue weighted by Gasteiger charge is 2.60. The Balaban J connectivity index is 2.20. The summed E-state index contributed by atoms with van der Waals surface area (Å²) in [5.41, 5.74) is 0.455. The molecular weight excluding hydrogens is 259 g/mol. The van der Waals surface area contributed by atoms with Gasteiger partial charge in [0.05, 0.1) is 12.1 Å². The highest BCUT2D eigenvalue weighted by Crippen LogP contribution is 2.38. The first kappa shape index (κ1) is 12.2. The van der Waals surface area contributed by atoms with E-state index in [9.17, 15) is 18.3 Å².